The molecule has 2 aliphatic rings. The van der Waals surface area contributed by atoms with E-state index in [0.717, 1.165) is 13.2 Å². The Balaban J connectivity index is 0.000000133. The Morgan fingerprint density at radius 1 is 0.632 bits per heavy atom. The quantitative estimate of drug-likeness (QED) is 0.778. The molecule has 2 N–H and O–H groups in total. The summed E-state index contributed by atoms with van der Waals surface area (Å²) in [6.07, 6.45) is 0.817. The van der Waals surface area contributed by atoms with E-state index in [1.807, 2.05) is 36.4 Å². The lowest BCUT2D eigenvalue weighted by Gasteiger charge is -1.89. The summed E-state index contributed by atoms with van der Waals surface area (Å²) in [5.41, 5.74) is 2.61. The maximum atomic E-state index is 5.09. The second-order valence-electron chi connectivity index (χ2n) is 4.47. The van der Waals surface area contributed by atoms with E-state index in [-0.39, 0.29) is 5.48 Å². The van der Waals surface area contributed by atoms with Crippen LogP contribution in [0.2, 0.25) is 0 Å². The molecule has 2 heterocycles. The van der Waals surface area contributed by atoms with Crippen LogP contribution < -0.4 is 0 Å². The summed E-state index contributed by atoms with van der Waals surface area (Å²) in [6.45, 7) is 1.81. The lowest BCUT2D eigenvalue weighted by atomic mass is 10.2. The van der Waals surface area contributed by atoms with Crippen LogP contribution in [-0.4, -0.2) is 18.7 Å². The van der Waals surface area contributed by atoms with Crippen LogP contribution in [0.1, 0.15) is 23.3 Å². The van der Waals surface area contributed by atoms with Gasteiger partial charge in [0.2, 0.25) is 0 Å². The van der Waals surface area contributed by atoms with E-state index in [4.69, 9.17) is 9.47 Å². The molecule has 2 atom stereocenters. The van der Waals surface area contributed by atoms with E-state index in [2.05, 4.69) is 24.3 Å². The summed E-state index contributed by atoms with van der Waals surface area (Å²) >= 11 is 0. The number of hydrogen-bond donors (Lipinski definition) is 0. The second-order valence-corrected chi connectivity index (χ2v) is 4.47. The Labute approximate surface area is 113 Å². The van der Waals surface area contributed by atoms with E-state index < -0.39 is 0 Å². The van der Waals surface area contributed by atoms with Gasteiger partial charge in [0.1, 0.15) is 12.2 Å². The van der Waals surface area contributed by atoms with Crippen LogP contribution in [0.15, 0.2) is 60.7 Å². The van der Waals surface area contributed by atoms with Crippen LogP contribution in [0.4, 0.5) is 0 Å². The fourth-order valence-corrected chi connectivity index (χ4v) is 1.82. The first-order chi connectivity index (χ1) is 8.93. The van der Waals surface area contributed by atoms with Gasteiger partial charge in [-0.2, -0.15) is 0 Å². The zero-order valence-corrected chi connectivity index (χ0v) is 10.7. The van der Waals surface area contributed by atoms with Crippen LogP contribution >= 0.6 is 0 Å². The summed E-state index contributed by atoms with van der Waals surface area (Å²) < 4.78 is 10.2. The first-order valence-electron chi connectivity index (χ1n) is 6.26. The summed E-state index contributed by atoms with van der Waals surface area (Å²) in [5.74, 6) is 0. The molecule has 0 aromatic heterocycles. The van der Waals surface area contributed by atoms with Crippen LogP contribution in [0.25, 0.3) is 0 Å². The monoisotopic (exact) mass is 258 g/mol. The van der Waals surface area contributed by atoms with Crippen molar-refractivity contribution < 1.29 is 14.9 Å². The summed E-state index contributed by atoms with van der Waals surface area (Å²) in [6, 6.07) is 20.6. The molecule has 3 heteroatoms. The van der Waals surface area contributed by atoms with Gasteiger partial charge in [-0.1, -0.05) is 60.7 Å². The van der Waals surface area contributed by atoms with Crippen molar-refractivity contribution >= 4 is 0 Å². The smallest absolute Gasteiger partial charge is 0.106 e. The Morgan fingerprint density at radius 3 is 1.21 bits per heavy atom. The van der Waals surface area contributed by atoms with Crippen molar-refractivity contribution in [3.05, 3.63) is 71.8 Å². The van der Waals surface area contributed by atoms with Crippen molar-refractivity contribution in [2.24, 2.45) is 0 Å². The molecule has 19 heavy (non-hydrogen) atoms. The molecule has 100 valence electrons. The maximum Gasteiger partial charge on any atom is 0.106 e. The van der Waals surface area contributed by atoms with E-state index in [9.17, 15) is 0 Å². The number of rotatable bonds is 2. The van der Waals surface area contributed by atoms with Crippen LogP contribution in [-0.2, 0) is 9.47 Å². The van der Waals surface area contributed by atoms with Gasteiger partial charge in [0.15, 0.2) is 0 Å². The molecule has 0 saturated carbocycles. The molecule has 2 unspecified atom stereocenters. The van der Waals surface area contributed by atoms with Crippen molar-refractivity contribution in [2.75, 3.05) is 13.2 Å². The third kappa shape index (κ3) is 4.17. The number of ether oxygens (including phenoxy) is 2. The Hall–Kier alpha value is -1.68. The molecule has 0 spiro atoms. The van der Waals surface area contributed by atoms with E-state index >= 15 is 0 Å². The Kier molecular flexibility index (Phi) is 4.68. The molecule has 2 saturated heterocycles. The largest absolute Gasteiger partial charge is 0.412 e. The van der Waals surface area contributed by atoms with Crippen molar-refractivity contribution in [2.45, 2.75) is 12.2 Å². The van der Waals surface area contributed by atoms with Crippen LogP contribution in [0.3, 0.4) is 0 Å². The first-order valence-corrected chi connectivity index (χ1v) is 6.26. The molecular formula is C16H18O3. The van der Waals surface area contributed by atoms with Gasteiger partial charge in [0.25, 0.3) is 0 Å². The minimum absolute atomic E-state index is 0. The Bertz CT molecular complexity index is 428. The number of benzene rings is 2. The average Bonchev–Trinajstić information content (AvgIpc) is 3.34. The molecular weight excluding hydrogens is 240 g/mol. The highest BCUT2D eigenvalue weighted by Gasteiger charge is 2.24. The highest BCUT2D eigenvalue weighted by molar-refractivity contribution is 5.20. The van der Waals surface area contributed by atoms with E-state index in [0.29, 0.717) is 12.2 Å². The van der Waals surface area contributed by atoms with Crippen molar-refractivity contribution in [3.63, 3.8) is 0 Å². The van der Waals surface area contributed by atoms with Gasteiger partial charge in [-0.3, -0.25) is 0 Å². The highest BCUT2D eigenvalue weighted by Crippen LogP contribution is 2.29. The summed E-state index contributed by atoms with van der Waals surface area (Å²) in [7, 11) is 0. The molecule has 2 fully saturated rings. The minimum Gasteiger partial charge on any atom is -0.412 e. The third-order valence-electron chi connectivity index (χ3n) is 3.01. The molecule has 0 radical (unpaired) electrons. The van der Waals surface area contributed by atoms with E-state index in [1.165, 1.54) is 11.1 Å². The Morgan fingerprint density at radius 2 is 0.947 bits per heavy atom. The third-order valence-corrected chi connectivity index (χ3v) is 3.01. The number of hydrogen-bond acceptors (Lipinski definition) is 2. The van der Waals surface area contributed by atoms with Gasteiger partial charge < -0.3 is 14.9 Å². The lowest BCUT2D eigenvalue weighted by Crippen LogP contribution is -1.75. The van der Waals surface area contributed by atoms with Crippen molar-refractivity contribution in [1.82, 2.24) is 0 Å². The van der Waals surface area contributed by atoms with Crippen LogP contribution in [0, 0.1) is 0 Å². The van der Waals surface area contributed by atoms with Crippen molar-refractivity contribution in [3.8, 4) is 0 Å². The predicted octanol–water partition coefficient (Wildman–Crippen LogP) is 2.69. The zero-order valence-electron chi connectivity index (χ0n) is 10.7. The molecule has 0 amide bonds. The number of epoxide rings is 2. The minimum atomic E-state index is 0. The lowest BCUT2D eigenvalue weighted by molar-refractivity contribution is 0.415. The second kappa shape index (κ2) is 6.48. The zero-order chi connectivity index (χ0) is 12.2. The van der Waals surface area contributed by atoms with Gasteiger partial charge in [0.05, 0.1) is 13.2 Å². The SMILES string of the molecule is O.c1ccc(C2CO2)cc1.c1ccc(C2CO2)cc1. The molecule has 2 aromatic carbocycles. The first kappa shape index (κ1) is 13.7. The summed E-state index contributed by atoms with van der Waals surface area (Å²) in [5, 5.41) is 0. The maximum absolute atomic E-state index is 5.09. The van der Waals surface area contributed by atoms with Gasteiger partial charge in [0, 0.05) is 0 Å². The van der Waals surface area contributed by atoms with Crippen molar-refractivity contribution in [1.29, 1.82) is 0 Å². The average molecular weight is 258 g/mol. The predicted molar refractivity (Wildman–Crippen MR) is 73.9 cm³/mol. The van der Waals surface area contributed by atoms with Gasteiger partial charge in [-0.15, -0.1) is 0 Å². The molecule has 3 nitrogen and oxygen atoms in total. The summed E-state index contributed by atoms with van der Waals surface area (Å²) in [4.78, 5) is 0. The van der Waals surface area contributed by atoms with Gasteiger partial charge in [-0.05, 0) is 11.1 Å². The standard InChI is InChI=1S/2C8H8O.H2O/c2*1-2-4-7(5-3-1)8-6-9-8;/h2*1-5,8H,6H2;1H2. The molecule has 4 rings (SSSR count). The van der Waals surface area contributed by atoms with Gasteiger partial charge in [-0.25, -0.2) is 0 Å². The van der Waals surface area contributed by atoms with E-state index in [1.54, 1.807) is 0 Å². The normalized spacial score (nSPS) is 22.5. The van der Waals surface area contributed by atoms with Gasteiger partial charge >= 0.3 is 0 Å². The molecule has 2 aliphatic heterocycles. The highest BCUT2D eigenvalue weighted by atomic mass is 16.6. The fraction of sp³-hybridized carbons (Fsp3) is 0.250. The fourth-order valence-electron chi connectivity index (χ4n) is 1.82. The molecule has 2 aromatic rings. The molecule has 0 bridgehead atoms. The van der Waals surface area contributed by atoms with Crippen LogP contribution in [0.5, 0.6) is 0 Å². The molecule has 0 aliphatic carbocycles. The topological polar surface area (TPSA) is 56.6 Å².